The zero-order chi connectivity index (χ0) is 17.1. The maximum atomic E-state index is 12.6. The molecule has 0 saturated heterocycles. The predicted molar refractivity (Wildman–Crippen MR) is 101 cm³/mol. The molecule has 2 aromatic carbocycles. The van der Waals surface area contributed by atoms with Gasteiger partial charge in [0, 0.05) is 16.5 Å². The Bertz CT molecular complexity index is 710. The molecule has 1 heterocycles. The van der Waals surface area contributed by atoms with E-state index in [0.29, 0.717) is 6.54 Å². The van der Waals surface area contributed by atoms with Crippen LogP contribution in [0.1, 0.15) is 17.2 Å². The zero-order valence-electron chi connectivity index (χ0n) is 13.8. The minimum absolute atomic E-state index is 0.0449. The molecule has 24 heavy (non-hydrogen) atoms. The summed E-state index contributed by atoms with van der Waals surface area (Å²) in [6, 6.07) is 16.1. The normalized spacial score (nSPS) is 17.6. The van der Waals surface area contributed by atoms with E-state index >= 15 is 0 Å². The van der Waals surface area contributed by atoms with Crippen molar-refractivity contribution in [1.29, 1.82) is 0 Å². The molecule has 1 N–H and O–H groups in total. The van der Waals surface area contributed by atoms with Crippen LogP contribution in [0.5, 0.6) is 0 Å². The van der Waals surface area contributed by atoms with Gasteiger partial charge < -0.3 is 10.2 Å². The first-order valence-corrected chi connectivity index (χ1v) is 9.25. The lowest BCUT2D eigenvalue weighted by atomic mass is 10.1. The van der Waals surface area contributed by atoms with E-state index in [0.717, 1.165) is 17.0 Å². The third-order valence-corrected chi connectivity index (χ3v) is 5.96. The SMILES string of the molecule is CN(C)[C@@H](CNC(=O)[C@H]1Cc2ccccc2S1)c1ccccc1Cl. The monoisotopic (exact) mass is 360 g/mol. The number of benzene rings is 2. The van der Waals surface area contributed by atoms with Gasteiger partial charge in [-0.3, -0.25) is 4.79 Å². The summed E-state index contributed by atoms with van der Waals surface area (Å²) in [7, 11) is 4.00. The van der Waals surface area contributed by atoms with Gasteiger partial charge in [-0.05, 0) is 43.8 Å². The van der Waals surface area contributed by atoms with Gasteiger partial charge in [-0.1, -0.05) is 48.0 Å². The molecule has 0 aromatic heterocycles. The van der Waals surface area contributed by atoms with Gasteiger partial charge in [0.2, 0.25) is 5.91 Å². The highest BCUT2D eigenvalue weighted by atomic mass is 35.5. The molecule has 3 rings (SSSR count). The van der Waals surface area contributed by atoms with Crippen LogP contribution in [-0.2, 0) is 11.2 Å². The lowest BCUT2D eigenvalue weighted by molar-refractivity contribution is -0.120. The lowest BCUT2D eigenvalue weighted by Crippen LogP contribution is -2.38. The highest BCUT2D eigenvalue weighted by Crippen LogP contribution is 2.36. The molecule has 1 aliphatic heterocycles. The van der Waals surface area contributed by atoms with Crippen molar-refractivity contribution in [2.75, 3.05) is 20.6 Å². The van der Waals surface area contributed by atoms with Gasteiger partial charge in [0.05, 0.1) is 11.3 Å². The van der Waals surface area contributed by atoms with Crippen molar-refractivity contribution in [3.63, 3.8) is 0 Å². The Labute approximate surface area is 152 Å². The molecular weight excluding hydrogens is 340 g/mol. The van der Waals surface area contributed by atoms with Crippen LogP contribution in [-0.4, -0.2) is 36.7 Å². The van der Waals surface area contributed by atoms with E-state index in [9.17, 15) is 4.79 Å². The van der Waals surface area contributed by atoms with Crippen molar-refractivity contribution in [2.45, 2.75) is 22.6 Å². The molecule has 126 valence electrons. The van der Waals surface area contributed by atoms with E-state index in [4.69, 9.17) is 11.6 Å². The Morgan fingerprint density at radius 3 is 2.67 bits per heavy atom. The molecule has 1 aliphatic rings. The number of hydrogen-bond donors (Lipinski definition) is 1. The first kappa shape index (κ1) is 17.3. The first-order valence-electron chi connectivity index (χ1n) is 7.99. The fourth-order valence-corrected chi connectivity index (χ4v) is 4.44. The smallest absolute Gasteiger partial charge is 0.233 e. The maximum absolute atomic E-state index is 12.6. The third-order valence-electron chi connectivity index (χ3n) is 4.30. The Morgan fingerprint density at radius 2 is 1.96 bits per heavy atom. The van der Waals surface area contributed by atoms with Crippen molar-refractivity contribution in [2.24, 2.45) is 0 Å². The molecule has 5 heteroatoms. The summed E-state index contributed by atoms with van der Waals surface area (Å²) >= 11 is 7.97. The average Bonchev–Trinajstić information content (AvgIpc) is 3.00. The molecule has 2 aromatic rings. The number of nitrogens with one attached hydrogen (secondary N) is 1. The maximum Gasteiger partial charge on any atom is 0.233 e. The number of fused-ring (bicyclic) bond motifs is 1. The van der Waals surface area contributed by atoms with Crippen molar-refractivity contribution < 1.29 is 4.79 Å². The summed E-state index contributed by atoms with van der Waals surface area (Å²) in [5.41, 5.74) is 2.30. The molecule has 0 fully saturated rings. The Balaban J connectivity index is 1.64. The summed E-state index contributed by atoms with van der Waals surface area (Å²) in [4.78, 5) is 15.9. The number of thioether (sulfide) groups is 1. The topological polar surface area (TPSA) is 32.3 Å². The van der Waals surface area contributed by atoms with Crippen molar-refractivity contribution in [3.05, 3.63) is 64.7 Å². The Hall–Kier alpha value is -1.49. The summed E-state index contributed by atoms with van der Waals surface area (Å²) < 4.78 is 0. The van der Waals surface area contributed by atoms with E-state index in [1.54, 1.807) is 11.8 Å². The summed E-state index contributed by atoms with van der Waals surface area (Å²) in [6.45, 7) is 0.545. The first-order chi connectivity index (χ1) is 11.6. The van der Waals surface area contributed by atoms with Crippen LogP contribution in [0.25, 0.3) is 0 Å². The summed E-state index contributed by atoms with van der Waals surface area (Å²) in [6.07, 6.45) is 0.797. The largest absolute Gasteiger partial charge is 0.353 e. The standard InChI is InChI=1S/C19H21ClN2OS/c1-22(2)16(14-8-4-5-9-15(14)20)12-21-19(23)18-11-13-7-3-6-10-17(13)24-18/h3-10,16,18H,11-12H2,1-2H3,(H,21,23)/t16-,18+/m0/s1. The second-order valence-electron chi connectivity index (χ2n) is 6.16. The molecule has 2 atom stereocenters. The van der Waals surface area contributed by atoms with Crippen LogP contribution < -0.4 is 5.32 Å². The van der Waals surface area contributed by atoms with E-state index in [1.807, 2.05) is 50.5 Å². The molecule has 0 aliphatic carbocycles. The minimum Gasteiger partial charge on any atom is -0.353 e. The van der Waals surface area contributed by atoms with Crippen molar-refractivity contribution in [1.82, 2.24) is 10.2 Å². The van der Waals surface area contributed by atoms with Crippen molar-refractivity contribution in [3.8, 4) is 0 Å². The molecular formula is C19H21ClN2OS. The number of amides is 1. The minimum atomic E-state index is -0.0449. The Morgan fingerprint density at radius 1 is 1.25 bits per heavy atom. The number of rotatable bonds is 5. The summed E-state index contributed by atoms with van der Waals surface area (Å²) in [5, 5.41) is 3.79. The van der Waals surface area contributed by atoms with Crippen LogP contribution in [0.2, 0.25) is 5.02 Å². The lowest BCUT2D eigenvalue weighted by Gasteiger charge is -2.26. The van der Waals surface area contributed by atoms with Gasteiger partial charge in [-0.2, -0.15) is 0 Å². The van der Waals surface area contributed by atoms with Crippen LogP contribution in [0.4, 0.5) is 0 Å². The van der Waals surface area contributed by atoms with E-state index in [2.05, 4.69) is 22.3 Å². The number of likely N-dealkylation sites (N-methyl/N-ethyl adjacent to an activating group) is 1. The van der Waals surface area contributed by atoms with Gasteiger partial charge >= 0.3 is 0 Å². The van der Waals surface area contributed by atoms with E-state index in [1.165, 1.54) is 10.5 Å². The highest BCUT2D eigenvalue weighted by molar-refractivity contribution is 8.01. The molecule has 1 amide bonds. The van der Waals surface area contributed by atoms with Gasteiger partial charge in [-0.15, -0.1) is 11.8 Å². The van der Waals surface area contributed by atoms with E-state index in [-0.39, 0.29) is 17.2 Å². The van der Waals surface area contributed by atoms with Gasteiger partial charge in [-0.25, -0.2) is 0 Å². The Kier molecular flexibility index (Phi) is 5.49. The number of halogens is 1. The fraction of sp³-hybridized carbons (Fsp3) is 0.316. The molecule has 0 bridgehead atoms. The second-order valence-corrected chi connectivity index (χ2v) is 7.82. The van der Waals surface area contributed by atoms with Crippen molar-refractivity contribution >= 4 is 29.3 Å². The van der Waals surface area contributed by atoms with Crippen LogP contribution >= 0.6 is 23.4 Å². The molecule has 3 nitrogen and oxygen atoms in total. The molecule has 0 spiro atoms. The number of nitrogens with zero attached hydrogens (tertiary/aromatic N) is 1. The van der Waals surface area contributed by atoms with Crippen LogP contribution in [0.15, 0.2) is 53.4 Å². The third kappa shape index (κ3) is 3.77. The quantitative estimate of drug-likeness (QED) is 0.880. The summed E-state index contributed by atoms with van der Waals surface area (Å²) in [5.74, 6) is 0.0927. The van der Waals surface area contributed by atoms with Gasteiger partial charge in [0.1, 0.15) is 0 Å². The molecule has 0 unspecified atom stereocenters. The number of carbonyl (C=O) groups is 1. The number of hydrogen-bond acceptors (Lipinski definition) is 3. The fourth-order valence-electron chi connectivity index (χ4n) is 2.96. The van der Waals surface area contributed by atoms with Crippen LogP contribution in [0.3, 0.4) is 0 Å². The van der Waals surface area contributed by atoms with Crippen LogP contribution in [0, 0.1) is 0 Å². The highest BCUT2D eigenvalue weighted by Gasteiger charge is 2.28. The van der Waals surface area contributed by atoms with Gasteiger partial charge in [0.15, 0.2) is 0 Å². The number of carbonyl (C=O) groups excluding carboxylic acids is 1. The second kappa shape index (κ2) is 7.60. The molecule has 0 saturated carbocycles. The van der Waals surface area contributed by atoms with Gasteiger partial charge in [0.25, 0.3) is 0 Å². The molecule has 0 radical (unpaired) electrons. The van der Waals surface area contributed by atoms with E-state index < -0.39 is 0 Å². The average molecular weight is 361 g/mol. The zero-order valence-corrected chi connectivity index (χ0v) is 15.4. The predicted octanol–water partition coefficient (Wildman–Crippen LogP) is 3.78.